The Morgan fingerprint density at radius 3 is 2.68 bits per heavy atom. The summed E-state index contributed by atoms with van der Waals surface area (Å²) in [5.74, 6) is 0.619. The van der Waals surface area contributed by atoms with Crippen LogP contribution in [-0.4, -0.2) is 42.0 Å². The van der Waals surface area contributed by atoms with Crippen molar-refractivity contribution in [2.45, 2.75) is 64.0 Å². The minimum absolute atomic E-state index is 0.229. The molecule has 4 nitrogen and oxygen atoms in total. The number of nitrogens with two attached hydrogens (primary N) is 1. The van der Waals surface area contributed by atoms with Crippen molar-refractivity contribution in [1.82, 2.24) is 10.2 Å². The van der Waals surface area contributed by atoms with Gasteiger partial charge in [0.15, 0.2) is 0 Å². The Hall–Kier alpha value is -0.610. The number of likely N-dealkylation sites (tertiary alicyclic amines) is 1. The number of rotatable bonds is 5. The summed E-state index contributed by atoms with van der Waals surface area (Å²) < 4.78 is 0. The molecular formula is C15H29N3O. The molecule has 110 valence electrons. The molecule has 1 saturated heterocycles. The van der Waals surface area contributed by atoms with Crippen molar-refractivity contribution in [3.63, 3.8) is 0 Å². The largest absolute Gasteiger partial charge is 0.368 e. The molecule has 1 amide bonds. The molecule has 1 saturated carbocycles. The lowest BCUT2D eigenvalue weighted by molar-refractivity contribution is -0.125. The van der Waals surface area contributed by atoms with Gasteiger partial charge < -0.3 is 11.1 Å². The first-order valence-corrected chi connectivity index (χ1v) is 7.86. The van der Waals surface area contributed by atoms with E-state index in [1.807, 2.05) is 13.8 Å². The van der Waals surface area contributed by atoms with Crippen molar-refractivity contribution in [3.05, 3.63) is 0 Å². The Labute approximate surface area is 117 Å². The number of piperidine rings is 1. The number of amides is 1. The number of nitrogens with zero attached hydrogens (tertiary/aromatic N) is 1. The Bertz CT molecular complexity index is 319. The van der Waals surface area contributed by atoms with Crippen molar-refractivity contribution >= 4 is 5.91 Å². The van der Waals surface area contributed by atoms with Gasteiger partial charge in [0.1, 0.15) is 5.54 Å². The first-order valence-electron chi connectivity index (χ1n) is 7.86. The zero-order valence-corrected chi connectivity index (χ0v) is 12.5. The second kappa shape index (κ2) is 6.23. The van der Waals surface area contributed by atoms with E-state index in [9.17, 15) is 4.79 Å². The van der Waals surface area contributed by atoms with Crippen LogP contribution in [0.4, 0.5) is 0 Å². The fourth-order valence-electron chi connectivity index (χ4n) is 3.94. The van der Waals surface area contributed by atoms with Crippen LogP contribution in [-0.2, 0) is 4.79 Å². The van der Waals surface area contributed by atoms with Crippen LogP contribution < -0.4 is 11.1 Å². The van der Waals surface area contributed by atoms with Crippen molar-refractivity contribution in [2.24, 2.45) is 11.7 Å². The Morgan fingerprint density at radius 2 is 2.00 bits per heavy atom. The zero-order chi connectivity index (χ0) is 13.9. The number of nitrogens with one attached hydrogen (secondary N) is 1. The van der Waals surface area contributed by atoms with E-state index in [0.717, 1.165) is 25.6 Å². The first kappa shape index (κ1) is 14.8. The first-order chi connectivity index (χ1) is 9.07. The second-order valence-electron chi connectivity index (χ2n) is 6.45. The van der Waals surface area contributed by atoms with E-state index in [1.54, 1.807) is 0 Å². The normalized spacial score (nSPS) is 31.5. The quantitative estimate of drug-likeness (QED) is 0.793. The monoisotopic (exact) mass is 267 g/mol. The number of carbonyl (C=O) groups excluding carboxylic acids is 1. The Kier molecular flexibility index (Phi) is 4.85. The summed E-state index contributed by atoms with van der Waals surface area (Å²) in [4.78, 5) is 14.3. The smallest absolute Gasteiger partial charge is 0.238 e. The minimum Gasteiger partial charge on any atom is -0.368 e. The maximum atomic E-state index is 11.8. The molecule has 2 rings (SSSR count). The van der Waals surface area contributed by atoms with Crippen LogP contribution in [0.15, 0.2) is 0 Å². The summed E-state index contributed by atoms with van der Waals surface area (Å²) in [6.45, 7) is 6.64. The lowest BCUT2D eigenvalue weighted by Gasteiger charge is -2.47. The van der Waals surface area contributed by atoms with Gasteiger partial charge in [-0.2, -0.15) is 0 Å². The molecule has 19 heavy (non-hydrogen) atoms. The summed E-state index contributed by atoms with van der Waals surface area (Å²) in [5, 5.41) is 3.29. The van der Waals surface area contributed by atoms with Crippen LogP contribution in [0.25, 0.3) is 0 Å². The highest BCUT2D eigenvalue weighted by molar-refractivity contribution is 5.84. The van der Waals surface area contributed by atoms with Gasteiger partial charge in [-0.1, -0.05) is 19.8 Å². The van der Waals surface area contributed by atoms with Crippen LogP contribution in [0.1, 0.15) is 52.4 Å². The number of hydrogen-bond donors (Lipinski definition) is 2. The van der Waals surface area contributed by atoms with E-state index >= 15 is 0 Å². The van der Waals surface area contributed by atoms with Gasteiger partial charge in [0.2, 0.25) is 5.91 Å². The van der Waals surface area contributed by atoms with Crippen LogP contribution in [0.5, 0.6) is 0 Å². The molecule has 0 aromatic rings. The van der Waals surface area contributed by atoms with Gasteiger partial charge in [-0.3, -0.25) is 9.69 Å². The summed E-state index contributed by atoms with van der Waals surface area (Å²) >= 11 is 0. The minimum atomic E-state index is -0.589. The summed E-state index contributed by atoms with van der Waals surface area (Å²) in [6.07, 6.45) is 8.03. The molecule has 0 aromatic heterocycles. The highest BCUT2D eigenvalue weighted by Gasteiger charge is 2.39. The average Bonchev–Trinajstić information content (AvgIpc) is 2.39. The van der Waals surface area contributed by atoms with Gasteiger partial charge in [-0.25, -0.2) is 0 Å². The second-order valence-corrected chi connectivity index (χ2v) is 6.45. The topological polar surface area (TPSA) is 58.4 Å². The van der Waals surface area contributed by atoms with Crippen LogP contribution >= 0.6 is 0 Å². The van der Waals surface area contributed by atoms with Gasteiger partial charge in [-0.15, -0.1) is 0 Å². The molecule has 1 aliphatic carbocycles. The molecule has 2 aliphatic rings. The number of likely N-dealkylation sites (N-methyl/N-ethyl adjacent to an activating group) is 1. The maximum absolute atomic E-state index is 11.8. The van der Waals surface area contributed by atoms with E-state index in [0.29, 0.717) is 6.04 Å². The Balaban J connectivity index is 2.04. The molecule has 1 heterocycles. The van der Waals surface area contributed by atoms with Gasteiger partial charge in [-0.05, 0) is 51.6 Å². The third-order valence-electron chi connectivity index (χ3n) is 4.99. The third kappa shape index (κ3) is 3.29. The predicted molar refractivity (Wildman–Crippen MR) is 77.8 cm³/mol. The zero-order valence-electron chi connectivity index (χ0n) is 12.5. The number of primary amides is 1. The molecule has 0 radical (unpaired) electrons. The van der Waals surface area contributed by atoms with Gasteiger partial charge in [0.25, 0.3) is 0 Å². The fraction of sp³-hybridized carbons (Fsp3) is 0.933. The lowest BCUT2D eigenvalue weighted by Crippen LogP contribution is -2.62. The molecule has 3 N–H and O–H groups in total. The Morgan fingerprint density at radius 1 is 1.32 bits per heavy atom. The van der Waals surface area contributed by atoms with E-state index in [-0.39, 0.29) is 5.91 Å². The summed E-state index contributed by atoms with van der Waals surface area (Å²) in [6, 6.07) is 0.680. The average molecular weight is 267 g/mol. The van der Waals surface area contributed by atoms with E-state index < -0.39 is 5.54 Å². The van der Waals surface area contributed by atoms with E-state index in [2.05, 4.69) is 10.2 Å². The van der Waals surface area contributed by atoms with Gasteiger partial charge in [0, 0.05) is 12.6 Å². The lowest BCUT2D eigenvalue weighted by atomic mass is 9.77. The van der Waals surface area contributed by atoms with Crippen molar-refractivity contribution in [3.8, 4) is 0 Å². The molecule has 3 atom stereocenters. The molecule has 0 bridgehead atoms. The molecule has 0 spiro atoms. The maximum Gasteiger partial charge on any atom is 0.238 e. The van der Waals surface area contributed by atoms with E-state index in [1.165, 1.54) is 38.5 Å². The summed E-state index contributed by atoms with van der Waals surface area (Å²) in [7, 11) is 0. The highest BCUT2D eigenvalue weighted by atomic mass is 16.1. The molecule has 2 fully saturated rings. The standard InChI is InChI=1S/C15H29N3O/c1-3-17-15(2,14(16)19)11-18-10-6-8-12-7-4-5-9-13(12)18/h12-13,17H,3-11H2,1-2H3,(H2,16,19). The highest BCUT2D eigenvalue weighted by Crippen LogP contribution is 2.35. The molecular weight excluding hydrogens is 238 g/mol. The van der Waals surface area contributed by atoms with Gasteiger partial charge in [0.05, 0.1) is 0 Å². The van der Waals surface area contributed by atoms with Crippen LogP contribution in [0, 0.1) is 5.92 Å². The number of carbonyl (C=O) groups is 1. The van der Waals surface area contributed by atoms with Crippen molar-refractivity contribution in [1.29, 1.82) is 0 Å². The van der Waals surface area contributed by atoms with Crippen molar-refractivity contribution in [2.75, 3.05) is 19.6 Å². The van der Waals surface area contributed by atoms with E-state index in [4.69, 9.17) is 5.73 Å². The molecule has 4 heteroatoms. The SMILES string of the molecule is CCNC(C)(CN1CCCC2CCCCC21)C(N)=O. The molecule has 0 aromatic carbocycles. The van der Waals surface area contributed by atoms with Crippen LogP contribution in [0.3, 0.4) is 0 Å². The van der Waals surface area contributed by atoms with Crippen LogP contribution in [0.2, 0.25) is 0 Å². The van der Waals surface area contributed by atoms with Crippen molar-refractivity contribution < 1.29 is 4.79 Å². The third-order valence-corrected chi connectivity index (χ3v) is 4.99. The van der Waals surface area contributed by atoms with Gasteiger partial charge >= 0.3 is 0 Å². The predicted octanol–water partition coefficient (Wildman–Crippen LogP) is 1.49. The molecule has 1 aliphatic heterocycles. The molecule has 3 unspecified atom stereocenters. The number of hydrogen-bond acceptors (Lipinski definition) is 3. The number of fused-ring (bicyclic) bond motifs is 1. The fourth-order valence-corrected chi connectivity index (χ4v) is 3.94. The summed E-state index contributed by atoms with van der Waals surface area (Å²) in [5.41, 5.74) is 5.02.